The Bertz CT molecular complexity index is 854. The average molecular weight is 340 g/mol. The standard InChI is InChI=1S/C18H24N6O/c25-18-10-13-4-1-6-15(13)21-24(18)11-14-5-2-8-22(14)12-17-20-19-16-7-3-9-23(16)17/h10,14H,1-9,11-12H2. The smallest absolute Gasteiger partial charge is 0.267 e. The van der Waals surface area contributed by atoms with Gasteiger partial charge in [-0.2, -0.15) is 5.10 Å². The van der Waals surface area contributed by atoms with Crippen LogP contribution in [0.2, 0.25) is 0 Å². The zero-order valence-corrected chi connectivity index (χ0v) is 14.5. The summed E-state index contributed by atoms with van der Waals surface area (Å²) >= 11 is 0. The largest absolute Gasteiger partial charge is 0.314 e. The van der Waals surface area contributed by atoms with Gasteiger partial charge in [0, 0.05) is 25.1 Å². The SMILES string of the molecule is O=c1cc2c(nn1CC1CCCN1Cc1nnc3n1CCC3)CCC2. The highest BCUT2D eigenvalue weighted by atomic mass is 16.1. The van der Waals surface area contributed by atoms with Crippen LogP contribution in [0.1, 0.15) is 48.6 Å². The van der Waals surface area contributed by atoms with E-state index in [1.807, 2.05) is 0 Å². The molecule has 2 aromatic heterocycles. The second-order valence-corrected chi connectivity index (χ2v) is 7.54. The lowest BCUT2D eigenvalue weighted by atomic mass is 10.2. The fourth-order valence-corrected chi connectivity index (χ4v) is 4.59. The molecule has 132 valence electrons. The van der Waals surface area contributed by atoms with Crippen molar-refractivity contribution in [3.8, 4) is 0 Å². The van der Waals surface area contributed by atoms with Crippen molar-refractivity contribution in [1.29, 1.82) is 0 Å². The summed E-state index contributed by atoms with van der Waals surface area (Å²) in [6, 6.07) is 2.17. The van der Waals surface area contributed by atoms with Crippen LogP contribution in [0, 0.1) is 0 Å². The molecule has 0 N–H and O–H groups in total. The van der Waals surface area contributed by atoms with Gasteiger partial charge in [0.05, 0.1) is 18.8 Å². The van der Waals surface area contributed by atoms with E-state index in [9.17, 15) is 4.79 Å². The van der Waals surface area contributed by atoms with Crippen LogP contribution in [-0.2, 0) is 38.9 Å². The van der Waals surface area contributed by atoms with Crippen molar-refractivity contribution in [3.05, 3.63) is 39.3 Å². The summed E-state index contributed by atoms with van der Waals surface area (Å²) in [6.45, 7) is 3.62. The molecule has 0 aromatic carbocycles. The van der Waals surface area contributed by atoms with Crippen molar-refractivity contribution >= 4 is 0 Å². The molecular formula is C18H24N6O. The van der Waals surface area contributed by atoms with Gasteiger partial charge in [-0.25, -0.2) is 4.68 Å². The Hall–Kier alpha value is -2.02. The molecule has 1 aliphatic carbocycles. The summed E-state index contributed by atoms with van der Waals surface area (Å²) in [5.74, 6) is 2.20. The summed E-state index contributed by atoms with van der Waals surface area (Å²) in [6.07, 6.45) is 7.65. The normalized spacial score (nSPS) is 22.5. The fraction of sp³-hybridized carbons (Fsp3) is 0.667. The van der Waals surface area contributed by atoms with Gasteiger partial charge < -0.3 is 4.57 Å². The van der Waals surface area contributed by atoms with Gasteiger partial charge in [-0.05, 0) is 50.6 Å². The molecule has 2 aliphatic heterocycles. The lowest BCUT2D eigenvalue weighted by Gasteiger charge is -2.24. The van der Waals surface area contributed by atoms with Gasteiger partial charge in [-0.3, -0.25) is 9.69 Å². The van der Waals surface area contributed by atoms with Crippen LogP contribution in [0.15, 0.2) is 10.9 Å². The lowest BCUT2D eigenvalue weighted by Crippen LogP contribution is -2.37. The van der Waals surface area contributed by atoms with Crippen LogP contribution in [0.3, 0.4) is 0 Å². The maximum atomic E-state index is 12.4. The molecule has 4 heterocycles. The number of rotatable bonds is 4. The first-order chi connectivity index (χ1) is 12.3. The minimum Gasteiger partial charge on any atom is -0.314 e. The third kappa shape index (κ3) is 2.70. The van der Waals surface area contributed by atoms with Crippen LogP contribution in [0.5, 0.6) is 0 Å². The Morgan fingerprint density at radius 1 is 1.08 bits per heavy atom. The van der Waals surface area contributed by atoms with E-state index in [1.54, 1.807) is 10.7 Å². The number of likely N-dealkylation sites (tertiary alicyclic amines) is 1. The summed E-state index contributed by atoms with van der Waals surface area (Å²) < 4.78 is 3.97. The van der Waals surface area contributed by atoms with E-state index in [2.05, 4.69) is 24.8 Å². The highest BCUT2D eigenvalue weighted by Gasteiger charge is 2.28. The monoisotopic (exact) mass is 340 g/mol. The number of hydrogen-bond acceptors (Lipinski definition) is 5. The van der Waals surface area contributed by atoms with Crippen molar-refractivity contribution in [2.24, 2.45) is 0 Å². The van der Waals surface area contributed by atoms with Crippen molar-refractivity contribution in [2.75, 3.05) is 6.54 Å². The van der Waals surface area contributed by atoms with Crippen LogP contribution < -0.4 is 5.56 Å². The maximum absolute atomic E-state index is 12.4. The van der Waals surface area contributed by atoms with Crippen molar-refractivity contribution < 1.29 is 0 Å². The van der Waals surface area contributed by atoms with E-state index in [0.29, 0.717) is 12.6 Å². The van der Waals surface area contributed by atoms with E-state index < -0.39 is 0 Å². The van der Waals surface area contributed by atoms with Crippen LogP contribution >= 0.6 is 0 Å². The fourth-order valence-electron chi connectivity index (χ4n) is 4.59. The first kappa shape index (κ1) is 15.3. The second kappa shape index (κ2) is 6.05. The van der Waals surface area contributed by atoms with Crippen LogP contribution in [0.4, 0.5) is 0 Å². The van der Waals surface area contributed by atoms with Crippen molar-refractivity contribution in [1.82, 2.24) is 29.4 Å². The molecule has 0 radical (unpaired) electrons. The predicted molar refractivity (Wildman–Crippen MR) is 92.3 cm³/mol. The van der Waals surface area contributed by atoms with Gasteiger partial charge in [-0.15, -0.1) is 10.2 Å². The van der Waals surface area contributed by atoms with Crippen molar-refractivity contribution in [3.63, 3.8) is 0 Å². The molecule has 1 saturated heterocycles. The topological polar surface area (TPSA) is 68.8 Å². The molecule has 5 rings (SSSR count). The lowest BCUT2D eigenvalue weighted by molar-refractivity contribution is 0.209. The van der Waals surface area contributed by atoms with Gasteiger partial charge in [0.15, 0.2) is 0 Å². The predicted octanol–water partition coefficient (Wildman–Crippen LogP) is 0.934. The minimum atomic E-state index is 0.0517. The molecule has 2 aromatic rings. The minimum absolute atomic E-state index is 0.0517. The molecule has 1 fully saturated rings. The molecule has 0 saturated carbocycles. The first-order valence-corrected chi connectivity index (χ1v) is 9.53. The molecule has 1 unspecified atom stereocenters. The van der Waals surface area contributed by atoms with Crippen molar-refractivity contribution in [2.45, 2.75) is 70.6 Å². The van der Waals surface area contributed by atoms with Crippen LogP contribution in [0.25, 0.3) is 0 Å². The Balaban J connectivity index is 1.34. The van der Waals surface area contributed by atoms with Gasteiger partial charge in [0.1, 0.15) is 11.6 Å². The van der Waals surface area contributed by atoms with Crippen LogP contribution in [-0.4, -0.2) is 42.0 Å². The highest BCUT2D eigenvalue weighted by Crippen LogP contribution is 2.23. The van der Waals surface area contributed by atoms with E-state index in [1.165, 1.54) is 12.8 Å². The molecule has 1 atom stereocenters. The van der Waals surface area contributed by atoms with Gasteiger partial charge in [0.2, 0.25) is 0 Å². The number of aryl methyl sites for hydroxylation is 3. The Morgan fingerprint density at radius 3 is 3.00 bits per heavy atom. The molecule has 0 spiro atoms. The van der Waals surface area contributed by atoms with Gasteiger partial charge in [0.25, 0.3) is 5.56 Å². The zero-order chi connectivity index (χ0) is 16.8. The maximum Gasteiger partial charge on any atom is 0.267 e. The average Bonchev–Trinajstić information content (AvgIpc) is 3.35. The Labute approximate surface area is 146 Å². The first-order valence-electron chi connectivity index (χ1n) is 9.53. The quantitative estimate of drug-likeness (QED) is 0.828. The molecular weight excluding hydrogens is 316 g/mol. The number of fused-ring (bicyclic) bond motifs is 2. The molecule has 3 aliphatic rings. The van der Waals surface area contributed by atoms with E-state index in [4.69, 9.17) is 0 Å². The van der Waals surface area contributed by atoms with E-state index in [-0.39, 0.29) is 5.56 Å². The number of hydrogen-bond donors (Lipinski definition) is 0. The summed E-state index contributed by atoms with van der Waals surface area (Å²) in [4.78, 5) is 14.9. The molecule has 7 nitrogen and oxygen atoms in total. The summed E-state index contributed by atoms with van der Waals surface area (Å²) in [7, 11) is 0. The second-order valence-electron chi connectivity index (χ2n) is 7.54. The van der Waals surface area contributed by atoms with E-state index in [0.717, 1.165) is 74.6 Å². The molecule has 0 bridgehead atoms. The Morgan fingerprint density at radius 2 is 2.04 bits per heavy atom. The molecule has 0 amide bonds. The zero-order valence-electron chi connectivity index (χ0n) is 14.5. The van der Waals surface area contributed by atoms with Gasteiger partial charge in [-0.1, -0.05) is 0 Å². The summed E-state index contributed by atoms with van der Waals surface area (Å²) in [5, 5.41) is 13.4. The van der Waals surface area contributed by atoms with Gasteiger partial charge >= 0.3 is 0 Å². The molecule has 7 heteroatoms. The van der Waals surface area contributed by atoms with E-state index >= 15 is 0 Å². The third-order valence-electron chi connectivity index (χ3n) is 5.94. The number of aromatic nitrogens is 5. The third-order valence-corrected chi connectivity index (χ3v) is 5.94. The molecule has 25 heavy (non-hydrogen) atoms. The Kier molecular flexibility index (Phi) is 3.69. The number of nitrogens with zero attached hydrogens (tertiary/aromatic N) is 6. The summed E-state index contributed by atoms with van der Waals surface area (Å²) in [5.41, 5.74) is 2.33. The highest BCUT2D eigenvalue weighted by molar-refractivity contribution is 5.22.